The van der Waals surface area contributed by atoms with E-state index < -0.39 is 5.91 Å². The number of fused-ring (bicyclic) bond motifs is 1. The van der Waals surface area contributed by atoms with E-state index in [0.717, 1.165) is 11.1 Å². The van der Waals surface area contributed by atoms with E-state index in [1.54, 1.807) is 12.1 Å². The third-order valence-corrected chi connectivity index (χ3v) is 4.63. The molecule has 0 atom stereocenters. The Bertz CT molecular complexity index is 1230. The number of anilines is 1. The van der Waals surface area contributed by atoms with Crippen molar-refractivity contribution in [3.8, 4) is 11.1 Å². The van der Waals surface area contributed by atoms with Crippen LogP contribution in [0.1, 0.15) is 23.0 Å². The van der Waals surface area contributed by atoms with E-state index in [1.165, 1.54) is 10.6 Å². The quantitative estimate of drug-likeness (QED) is 0.554. The molecule has 2 N–H and O–H groups in total. The van der Waals surface area contributed by atoms with Crippen LogP contribution >= 0.6 is 11.6 Å². The van der Waals surface area contributed by atoms with Gasteiger partial charge in [0.05, 0.1) is 10.6 Å². The lowest BCUT2D eigenvalue weighted by Gasteiger charge is -2.07. The zero-order chi connectivity index (χ0) is 19.7. The van der Waals surface area contributed by atoms with E-state index in [1.807, 2.05) is 43.3 Å². The minimum absolute atomic E-state index is 0.115. The summed E-state index contributed by atoms with van der Waals surface area (Å²) in [6.07, 6.45) is 0.613. The molecule has 1 amide bonds. The van der Waals surface area contributed by atoms with Gasteiger partial charge >= 0.3 is 0 Å². The highest BCUT2D eigenvalue weighted by molar-refractivity contribution is 6.34. The molecule has 0 aliphatic rings. The molecule has 0 unspecified atom stereocenters. The van der Waals surface area contributed by atoms with Crippen LogP contribution in [-0.4, -0.2) is 25.5 Å². The number of carbonyl (C=O) groups excluding carboxylic acids is 1. The van der Waals surface area contributed by atoms with Gasteiger partial charge < -0.3 is 0 Å². The van der Waals surface area contributed by atoms with Gasteiger partial charge in [0, 0.05) is 11.8 Å². The molecule has 0 radical (unpaired) electrons. The molecule has 4 rings (SSSR count). The number of hydrogen-bond acceptors (Lipinski definition) is 4. The SMILES string of the molecule is CCc1cc(=O)n2[nH]c(NC(=O)c3cc(-c4ccccc4)ccc3Cl)nc2n1. The second-order valence-electron chi connectivity index (χ2n) is 6.16. The number of H-pyrrole nitrogens is 1. The Morgan fingerprint density at radius 1 is 1.11 bits per heavy atom. The van der Waals surface area contributed by atoms with E-state index in [0.29, 0.717) is 22.7 Å². The van der Waals surface area contributed by atoms with E-state index in [9.17, 15) is 9.59 Å². The lowest BCUT2D eigenvalue weighted by molar-refractivity contribution is 0.102. The zero-order valence-corrected chi connectivity index (χ0v) is 15.7. The predicted octanol–water partition coefficient (Wildman–Crippen LogP) is 3.55. The van der Waals surface area contributed by atoms with Gasteiger partial charge in [0.25, 0.3) is 17.2 Å². The molecule has 28 heavy (non-hydrogen) atoms. The first-order valence-electron chi connectivity index (χ1n) is 8.70. The van der Waals surface area contributed by atoms with Gasteiger partial charge in [-0.05, 0) is 29.7 Å². The molecule has 0 saturated heterocycles. The summed E-state index contributed by atoms with van der Waals surface area (Å²) in [5.74, 6) is -0.126. The standard InChI is InChI=1S/C20H16ClN5O2/c1-2-14-11-17(27)26-20(22-14)24-19(25-26)23-18(28)15-10-13(8-9-16(15)21)12-6-4-3-5-7-12/h3-11H,2H2,1H3,(H2,22,23,24,25,28). The lowest BCUT2D eigenvalue weighted by atomic mass is 10.0. The van der Waals surface area contributed by atoms with Crippen LogP contribution in [0.25, 0.3) is 16.9 Å². The Hall–Kier alpha value is -3.45. The molecule has 0 saturated carbocycles. The number of benzene rings is 2. The van der Waals surface area contributed by atoms with Crippen molar-refractivity contribution in [2.75, 3.05) is 5.32 Å². The largest absolute Gasteiger partial charge is 0.291 e. The summed E-state index contributed by atoms with van der Waals surface area (Å²) >= 11 is 6.23. The highest BCUT2D eigenvalue weighted by Gasteiger charge is 2.15. The third kappa shape index (κ3) is 3.39. The number of carbonyl (C=O) groups is 1. The Morgan fingerprint density at radius 2 is 1.89 bits per heavy atom. The van der Waals surface area contributed by atoms with Crippen molar-refractivity contribution in [1.82, 2.24) is 19.6 Å². The molecule has 140 valence electrons. The molecule has 8 heteroatoms. The molecule has 0 fully saturated rings. The number of nitrogens with one attached hydrogen (secondary N) is 2. The molecule has 2 aromatic carbocycles. The molecule has 7 nitrogen and oxygen atoms in total. The number of amides is 1. The fourth-order valence-electron chi connectivity index (χ4n) is 2.85. The fourth-order valence-corrected chi connectivity index (χ4v) is 3.05. The van der Waals surface area contributed by atoms with E-state index in [2.05, 4.69) is 20.4 Å². The first-order chi connectivity index (χ1) is 13.5. The van der Waals surface area contributed by atoms with Gasteiger partial charge in [-0.2, -0.15) is 9.50 Å². The van der Waals surface area contributed by atoms with Gasteiger partial charge in [-0.3, -0.25) is 20.0 Å². The Morgan fingerprint density at radius 3 is 2.64 bits per heavy atom. The summed E-state index contributed by atoms with van der Waals surface area (Å²) < 4.78 is 1.18. The van der Waals surface area contributed by atoms with Gasteiger partial charge in [0.2, 0.25) is 5.95 Å². The van der Waals surface area contributed by atoms with E-state index in [-0.39, 0.29) is 17.3 Å². The number of hydrogen-bond donors (Lipinski definition) is 2. The zero-order valence-electron chi connectivity index (χ0n) is 14.9. The molecule has 2 heterocycles. The summed E-state index contributed by atoms with van der Waals surface area (Å²) in [7, 11) is 0. The number of aromatic nitrogens is 4. The van der Waals surface area contributed by atoms with Crippen molar-refractivity contribution < 1.29 is 4.79 Å². The van der Waals surface area contributed by atoms with Crippen LogP contribution in [0.4, 0.5) is 5.95 Å². The normalized spacial score (nSPS) is 10.9. The Labute approximate surface area is 165 Å². The summed E-state index contributed by atoms with van der Waals surface area (Å²) in [4.78, 5) is 33.3. The number of rotatable bonds is 4. The maximum absolute atomic E-state index is 12.7. The van der Waals surface area contributed by atoms with Crippen LogP contribution in [-0.2, 0) is 6.42 Å². The fraction of sp³-hybridized carbons (Fsp3) is 0.100. The highest BCUT2D eigenvalue weighted by Crippen LogP contribution is 2.25. The van der Waals surface area contributed by atoms with Crippen molar-refractivity contribution in [3.63, 3.8) is 0 Å². The first kappa shape index (κ1) is 17.9. The molecule has 0 aliphatic carbocycles. The van der Waals surface area contributed by atoms with Crippen molar-refractivity contribution in [2.45, 2.75) is 13.3 Å². The Kier molecular flexibility index (Phi) is 4.67. The van der Waals surface area contributed by atoms with Gasteiger partial charge in [-0.1, -0.05) is 54.9 Å². The minimum Gasteiger partial charge on any atom is -0.291 e. The average Bonchev–Trinajstić information content (AvgIpc) is 3.11. The van der Waals surface area contributed by atoms with Crippen molar-refractivity contribution >= 4 is 29.2 Å². The predicted molar refractivity (Wildman–Crippen MR) is 108 cm³/mol. The second-order valence-corrected chi connectivity index (χ2v) is 6.57. The average molecular weight is 394 g/mol. The molecule has 2 aromatic heterocycles. The van der Waals surface area contributed by atoms with Crippen LogP contribution in [0.5, 0.6) is 0 Å². The highest BCUT2D eigenvalue weighted by atomic mass is 35.5. The van der Waals surface area contributed by atoms with Crippen molar-refractivity contribution in [1.29, 1.82) is 0 Å². The minimum atomic E-state index is -0.439. The van der Waals surface area contributed by atoms with E-state index >= 15 is 0 Å². The molecule has 0 aliphatic heterocycles. The number of aromatic amines is 1. The summed E-state index contributed by atoms with van der Waals surface area (Å²) in [5, 5.41) is 5.70. The molecule has 4 aromatic rings. The topological polar surface area (TPSA) is 92.2 Å². The monoisotopic (exact) mass is 393 g/mol. The molecule has 0 bridgehead atoms. The number of aryl methyl sites for hydroxylation is 1. The second kappa shape index (κ2) is 7.28. The third-order valence-electron chi connectivity index (χ3n) is 4.30. The number of halogens is 1. The van der Waals surface area contributed by atoms with Gasteiger partial charge in [-0.15, -0.1) is 0 Å². The first-order valence-corrected chi connectivity index (χ1v) is 9.08. The van der Waals surface area contributed by atoms with Crippen LogP contribution in [0.15, 0.2) is 59.4 Å². The maximum atomic E-state index is 12.7. The van der Waals surface area contributed by atoms with Crippen molar-refractivity contribution in [2.24, 2.45) is 0 Å². The molecule has 0 spiro atoms. The van der Waals surface area contributed by atoms with Gasteiger partial charge in [-0.25, -0.2) is 4.98 Å². The summed E-state index contributed by atoms with van der Waals surface area (Å²) in [6, 6.07) is 16.4. The van der Waals surface area contributed by atoms with Gasteiger partial charge in [0.15, 0.2) is 0 Å². The van der Waals surface area contributed by atoms with Crippen LogP contribution in [0.2, 0.25) is 5.02 Å². The lowest BCUT2D eigenvalue weighted by Crippen LogP contribution is -2.16. The van der Waals surface area contributed by atoms with E-state index in [4.69, 9.17) is 11.6 Å². The number of nitrogens with zero attached hydrogens (tertiary/aromatic N) is 3. The van der Waals surface area contributed by atoms with Gasteiger partial charge in [0.1, 0.15) is 0 Å². The molecular formula is C20H16ClN5O2. The smallest absolute Gasteiger partial charge is 0.274 e. The summed E-state index contributed by atoms with van der Waals surface area (Å²) in [6.45, 7) is 1.90. The molecular weight excluding hydrogens is 378 g/mol. The van der Waals surface area contributed by atoms with Crippen LogP contribution in [0, 0.1) is 0 Å². The van der Waals surface area contributed by atoms with Crippen LogP contribution < -0.4 is 10.9 Å². The Balaban J connectivity index is 1.66. The van der Waals surface area contributed by atoms with Crippen molar-refractivity contribution in [3.05, 3.63) is 81.2 Å². The maximum Gasteiger partial charge on any atom is 0.274 e. The van der Waals surface area contributed by atoms with Crippen LogP contribution in [0.3, 0.4) is 0 Å². The summed E-state index contributed by atoms with van der Waals surface area (Å²) in [5.41, 5.74) is 2.48.